The van der Waals surface area contributed by atoms with Gasteiger partial charge in [-0.25, -0.2) is 17.8 Å². The number of sulfone groups is 1. The van der Waals surface area contributed by atoms with Gasteiger partial charge in [-0.2, -0.15) is 0 Å². The molecule has 0 aliphatic rings. The molecule has 21 heavy (non-hydrogen) atoms. The maximum absolute atomic E-state index is 14.5. The first-order valence-electron chi connectivity index (χ1n) is 6.81. The van der Waals surface area contributed by atoms with Gasteiger partial charge in [0.15, 0.2) is 15.7 Å². The number of aliphatic imine (C=N–C) groups is 1. The van der Waals surface area contributed by atoms with Gasteiger partial charge >= 0.3 is 0 Å². The van der Waals surface area contributed by atoms with E-state index in [0.29, 0.717) is 12.0 Å². The van der Waals surface area contributed by atoms with Crippen molar-refractivity contribution in [3.63, 3.8) is 0 Å². The summed E-state index contributed by atoms with van der Waals surface area (Å²) in [7, 11) is -3.79. The summed E-state index contributed by atoms with van der Waals surface area (Å²) < 4.78 is 38.4. The third-order valence-corrected chi connectivity index (χ3v) is 4.60. The fraction of sp³-hybridized carbons (Fsp3) is 0.467. The Kier molecular flexibility index (Phi) is 5.78. The van der Waals surface area contributed by atoms with Gasteiger partial charge in [-0.1, -0.05) is 26.3 Å². The average molecular weight is 313 g/mol. The Morgan fingerprint density at radius 1 is 1.38 bits per heavy atom. The lowest BCUT2D eigenvalue weighted by molar-refractivity contribution is 0.0999. The molecule has 1 atom stereocenters. The highest BCUT2D eigenvalue weighted by atomic mass is 32.2. The van der Waals surface area contributed by atoms with Crippen LogP contribution in [0.1, 0.15) is 54.9 Å². The summed E-state index contributed by atoms with van der Waals surface area (Å²) in [6, 6.07) is 2.80. The lowest BCUT2D eigenvalue weighted by Crippen LogP contribution is -2.13. The van der Waals surface area contributed by atoms with Gasteiger partial charge in [-0.15, -0.1) is 0 Å². The minimum absolute atomic E-state index is 0.0601. The van der Waals surface area contributed by atoms with Crippen LogP contribution in [-0.2, 0) is 9.84 Å². The van der Waals surface area contributed by atoms with Crippen LogP contribution in [0.15, 0.2) is 22.0 Å². The van der Waals surface area contributed by atoms with Crippen molar-refractivity contribution in [3.05, 3.63) is 29.1 Å². The SMILES string of the molecule is C=NC(=O)c1ccc(C(CC)CCC)c(S(C)(=O)=O)c1F. The minimum atomic E-state index is -3.79. The topological polar surface area (TPSA) is 63.6 Å². The molecule has 116 valence electrons. The molecule has 0 bridgehead atoms. The number of carbonyl (C=O) groups is 1. The molecule has 1 aromatic carbocycles. The zero-order chi connectivity index (χ0) is 16.2. The standard InChI is InChI=1S/C15H20FNO3S/c1-5-7-10(6-2)11-8-9-12(15(18)17-3)13(16)14(11)21(4,19)20/h8-10H,3,5-7H2,1-2,4H3. The van der Waals surface area contributed by atoms with Gasteiger partial charge < -0.3 is 0 Å². The molecule has 0 radical (unpaired) electrons. The Morgan fingerprint density at radius 2 is 2.00 bits per heavy atom. The molecular formula is C15H20FNO3S. The van der Waals surface area contributed by atoms with Gasteiger partial charge in [-0.3, -0.25) is 4.79 Å². The Hall–Kier alpha value is -1.56. The second-order valence-corrected chi connectivity index (χ2v) is 6.93. The molecule has 1 rings (SSSR count). The van der Waals surface area contributed by atoms with E-state index in [9.17, 15) is 17.6 Å². The van der Waals surface area contributed by atoms with E-state index in [1.54, 1.807) is 0 Å². The van der Waals surface area contributed by atoms with Crippen LogP contribution in [-0.4, -0.2) is 27.3 Å². The van der Waals surface area contributed by atoms with Crippen LogP contribution in [0.5, 0.6) is 0 Å². The monoisotopic (exact) mass is 313 g/mol. The highest BCUT2D eigenvalue weighted by molar-refractivity contribution is 7.90. The molecule has 6 heteroatoms. The Balaban J connectivity index is 3.64. The highest BCUT2D eigenvalue weighted by Gasteiger charge is 2.27. The summed E-state index contributed by atoms with van der Waals surface area (Å²) in [5, 5.41) is 0. The van der Waals surface area contributed by atoms with Gasteiger partial charge in [-0.05, 0) is 37.1 Å². The van der Waals surface area contributed by atoms with Crippen molar-refractivity contribution in [2.45, 2.75) is 43.9 Å². The smallest absolute Gasteiger partial charge is 0.267 e. The van der Waals surface area contributed by atoms with Crippen LogP contribution in [0.4, 0.5) is 4.39 Å². The van der Waals surface area contributed by atoms with Gasteiger partial charge in [0, 0.05) is 6.26 Å². The Labute approximate surface area is 125 Å². The van der Waals surface area contributed by atoms with Crippen molar-refractivity contribution in [1.82, 2.24) is 0 Å². The second-order valence-electron chi connectivity index (χ2n) is 4.97. The van der Waals surface area contributed by atoms with E-state index < -0.39 is 26.5 Å². The van der Waals surface area contributed by atoms with Crippen molar-refractivity contribution >= 4 is 22.5 Å². The van der Waals surface area contributed by atoms with Crippen molar-refractivity contribution < 1.29 is 17.6 Å². The molecule has 0 saturated carbocycles. The number of halogens is 1. The molecular weight excluding hydrogens is 293 g/mol. The molecule has 1 amide bonds. The second kappa shape index (κ2) is 6.93. The third-order valence-electron chi connectivity index (χ3n) is 3.44. The molecule has 0 aliphatic carbocycles. The predicted molar refractivity (Wildman–Crippen MR) is 81.3 cm³/mol. The summed E-state index contributed by atoms with van der Waals surface area (Å²) in [6.45, 7) is 6.97. The normalized spacial score (nSPS) is 13.0. The molecule has 0 spiro atoms. The first-order valence-corrected chi connectivity index (χ1v) is 8.70. The van der Waals surface area contributed by atoms with E-state index in [2.05, 4.69) is 11.7 Å². The Bertz CT molecular complexity index is 653. The molecule has 4 nitrogen and oxygen atoms in total. The first-order chi connectivity index (χ1) is 9.77. The van der Waals surface area contributed by atoms with Crippen LogP contribution >= 0.6 is 0 Å². The largest absolute Gasteiger partial charge is 0.279 e. The van der Waals surface area contributed by atoms with Gasteiger partial charge in [0.05, 0.1) is 5.56 Å². The number of nitrogens with zero attached hydrogens (tertiary/aromatic N) is 1. The Morgan fingerprint density at radius 3 is 2.43 bits per heavy atom. The predicted octanol–water partition coefficient (Wildman–Crippen LogP) is 3.36. The lowest BCUT2D eigenvalue weighted by Gasteiger charge is -2.19. The van der Waals surface area contributed by atoms with E-state index in [1.807, 2.05) is 13.8 Å². The fourth-order valence-electron chi connectivity index (χ4n) is 2.45. The number of amides is 1. The summed E-state index contributed by atoms with van der Waals surface area (Å²) in [6.07, 6.45) is 3.26. The van der Waals surface area contributed by atoms with Crippen molar-refractivity contribution in [2.24, 2.45) is 4.99 Å². The summed E-state index contributed by atoms with van der Waals surface area (Å²) in [5.41, 5.74) is 0.0699. The van der Waals surface area contributed by atoms with Crippen molar-refractivity contribution in [2.75, 3.05) is 6.26 Å². The molecule has 0 aliphatic heterocycles. The van der Waals surface area contributed by atoms with E-state index in [-0.39, 0.29) is 11.5 Å². The molecule has 0 aromatic heterocycles. The number of rotatable bonds is 6. The molecule has 0 fully saturated rings. The average Bonchev–Trinajstić information content (AvgIpc) is 2.42. The van der Waals surface area contributed by atoms with Crippen molar-refractivity contribution in [3.8, 4) is 0 Å². The quantitative estimate of drug-likeness (QED) is 0.756. The number of hydrogen-bond donors (Lipinski definition) is 0. The number of hydrogen-bond acceptors (Lipinski definition) is 3. The molecule has 1 unspecified atom stereocenters. The van der Waals surface area contributed by atoms with Gasteiger partial charge in [0.25, 0.3) is 5.91 Å². The summed E-state index contributed by atoms with van der Waals surface area (Å²) in [4.78, 5) is 14.3. The fourth-order valence-corrected chi connectivity index (χ4v) is 3.55. The van der Waals surface area contributed by atoms with Crippen LogP contribution in [0.3, 0.4) is 0 Å². The van der Waals surface area contributed by atoms with Gasteiger partial charge in [0.2, 0.25) is 0 Å². The molecule has 0 heterocycles. The molecule has 0 saturated heterocycles. The highest BCUT2D eigenvalue weighted by Crippen LogP contribution is 2.33. The maximum Gasteiger partial charge on any atom is 0.279 e. The van der Waals surface area contributed by atoms with Gasteiger partial charge in [0.1, 0.15) is 4.90 Å². The maximum atomic E-state index is 14.5. The van der Waals surface area contributed by atoms with Crippen LogP contribution in [0, 0.1) is 5.82 Å². The third kappa shape index (κ3) is 3.75. The first kappa shape index (κ1) is 17.5. The minimum Gasteiger partial charge on any atom is -0.267 e. The summed E-state index contributed by atoms with van der Waals surface area (Å²) >= 11 is 0. The van der Waals surface area contributed by atoms with E-state index in [0.717, 1.165) is 19.1 Å². The zero-order valence-corrected chi connectivity index (χ0v) is 13.3. The molecule has 0 N–H and O–H groups in total. The zero-order valence-electron chi connectivity index (χ0n) is 12.5. The lowest BCUT2D eigenvalue weighted by atomic mass is 9.91. The van der Waals surface area contributed by atoms with Crippen LogP contribution in [0.2, 0.25) is 0 Å². The van der Waals surface area contributed by atoms with Crippen LogP contribution in [0.25, 0.3) is 0 Å². The van der Waals surface area contributed by atoms with Crippen LogP contribution < -0.4 is 0 Å². The number of carbonyl (C=O) groups excluding carboxylic acids is 1. The molecule has 1 aromatic rings. The number of benzene rings is 1. The van der Waals surface area contributed by atoms with E-state index in [4.69, 9.17) is 0 Å². The van der Waals surface area contributed by atoms with Crippen molar-refractivity contribution in [1.29, 1.82) is 0 Å². The van der Waals surface area contributed by atoms with E-state index >= 15 is 0 Å². The van der Waals surface area contributed by atoms with E-state index in [1.165, 1.54) is 12.1 Å². The summed E-state index contributed by atoms with van der Waals surface area (Å²) in [5.74, 6) is -1.95.